The minimum atomic E-state index is 0.155. The Hall–Kier alpha value is -1.96. The third-order valence-corrected chi connectivity index (χ3v) is 4.83. The molecule has 0 spiro atoms. The summed E-state index contributed by atoms with van der Waals surface area (Å²) in [4.78, 5) is 0. The van der Waals surface area contributed by atoms with Crippen molar-refractivity contribution in [1.29, 1.82) is 0 Å². The van der Waals surface area contributed by atoms with Gasteiger partial charge < -0.3 is 9.84 Å². The van der Waals surface area contributed by atoms with Gasteiger partial charge in [0.25, 0.3) is 0 Å². The fourth-order valence-electron chi connectivity index (χ4n) is 3.64. The van der Waals surface area contributed by atoms with E-state index in [9.17, 15) is 5.11 Å². The van der Waals surface area contributed by atoms with Crippen molar-refractivity contribution in [3.63, 3.8) is 0 Å². The van der Waals surface area contributed by atoms with Crippen LogP contribution in [0.4, 0.5) is 0 Å². The molecular weight excluding hydrogens is 284 g/mol. The van der Waals surface area contributed by atoms with Gasteiger partial charge in [0.1, 0.15) is 11.5 Å². The Labute approximate surface area is 139 Å². The van der Waals surface area contributed by atoms with Gasteiger partial charge in [0.05, 0.1) is 7.11 Å². The molecule has 23 heavy (non-hydrogen) atoms. The van der Waals surface area contributed by atoms with E-state index in [1.807, 2.05) is 12.1 Å². The first-order valence-electron chi connectivity index (χ1n) is 8.40. The van der Waals surface area contributed by atoms with Gasteiger partial charge in [-0.3, -0.25) is 0 Å². The third kappa shape index (κ3) is 3.08. The van der Waals surface area contributed by atoms with Crippen LogP contribution in [0.25, 0.3) is 0 Å². The van der Waals surface area contributed by atoms with E-state index in [0.717, 1.165) is 37.0 Å². The molecule has 2 nitrogen and oxygen atoms in total. The monoisotopic (exact) mass is 310 g/mol. The van der Waals surface area contributed by atoms with Gasteiger partial charge >= 0.3 is 0 Å². The average Bonchev–Trinajstić information content (AvgIpc) is 2.50. The van der Waals surface area contributed by atoms with Crippen molar-refractivity contribution >= 4 is 0 Å². The molecule has 0 aliphatic heterocycles. The number of ether oxygens (including phenoxy) is 1. The largest absolute Gasteiger partial charge is 0.508 e. The summed E-state index contributed by atoms with van der Waals surface area (Å²) in [6.07, 6.45) is 3.66. The van der Waals surface area contributed by atoms with E-state index in [2.05, 4.69) is 39.0 Å². The van der Waals surface area contributed by atoms with Crippen LogP contribution >= 0.6 is 0 Å². The Morgan fingerprint density at radius 1 is 0.913 bits per heavy atom. The van der Waals surface area contributed by atoms with Crippen molar-refractivity contribution in [3.8, 4) is 11.5 Å². The molecule has 3 rings (SSSR count). The SMILES string of the molecule is COc1c2ccc(O)c1CCc1ccc(C(C)(C)C)c(c1)CC2. The molecule has 1 N–H and O–H groups in total. The van der Waals surface area contributed by atoms with Gasteiger partial charge in [-0.25, -0.2) is 0 Å². The molecule has 0 unspecified atom stereocenters. The quantitative estimate of drug-likeness (QED) is 0.835. The molecule has 0 fully saturated rings. The molecule has 0 aromatic heterocycles. The van der Waals surface area contributed by atoms with E-state index in [1.54, 1.807) is 7.11 Å². The second kappa shape index (κ2) is 5.92. The van der Waals surface area contributed by atoms with E-state index >= 15 is 0 Å². The summed E-state index contributed by atoms with van der Waals surface area (Å²) >= 11 is 0. The maximum Gasteiger partial charge on any atom is 0.128 e. The second-order valence-corrected chi connectivity index (χ2v) is 7.50. The van der Waals surface area contributed by atoms with Gasteiger partial charge in [0, 0.05) is 5.56 Å². The first kappa shape index (κ1) is 15.9. The molecule has 2 heteroatoms. The van der Waals surface area contributed by atoms with Gasteiger partial charge in [-0.2, -0.15) is 0 Å². The van der Waals surface area contributed by atoms with Crippen LogP contribution in [-0.4, -0.2) is 12.2 Å². The minimum Gasteiger partial charge on any atom is -0.508 e. The summed E-state index contributed by atoms with van der Waals surface area (Å²) < 4.78 is 5.63. The lowest BCUT2D eigenvalue weighted by atomic mass is 9.80. The predicted octanol–water partition coefficient (Wildman–Crippen LogP) is 4.58. The smallest absolute Gasteiger partial charge is 0.128 e. The molecule has 0 heterocycles. The summed E-state index contributed by atoms with van der Waals surface area (Å²) in [5.41, 5.74) is 6.48. The number of aromatic hydroxyl groups is 1. The van der Waals surface area contributed by atoms with Crippen molar-refractivity contribution in [1.82, 2.24) is 0 Å². The van der Waals surface area contributed by atoms with Crippen LogP contribution < -0.4 is 4.74 Å². The molecule has 1 aliphatic rings. The highest BCUT2D eigenvalue weighted by Gasteiger charge is 2.21. The van der Waals surface area contributed by atoms with Gasteiger partial charge in [-0.05, 0) is 59.4 Å². The van der Waals surface area contributed by atoms with E-state index in [-0.39, 0.29) is 5.41 Å². The standard InChI is InChI=1S/C21H26O2/c1-21(2,3)18-11-6-14-5-10-17-19(22)12-9-15(20(17)23-4)7-8-16(18)13-14/h6,9,11-13,22H,5,7-8,10H2,1-4H3. The fourth-order valence-corrected chi connectivity index (χ4v) is 3.64. The third-order valence-electron chi connectivity index (χ3n) is 4.83. The lowest BCUT2D eigenvalue weighted by molar-refractivity contribution is 0.394. The number of benzene rings is 2. The summed E-state index contributed by atoms with van der Waals surface area (Å²) in [6, 6.07) is 10.7. The van der Waals surface area contributed by atoms with Crippen LogP contribution in [0.1, 0.15) is 48.6 Å². The fraction of sp³-hybridized carbons (Fsp3) is 0.429. The van der Waals surface area contributed by atoms with Crippen molar-refractivity contribution in [2.24, 2.45) is 0 Å². The van der Waals surface area contributed by atoms with Crippen LogP contribution in [0.2, 0.25) is 0 Å². The van der Waals surface area contributed by atoms with E-state index in [0.29, 0.717) is 5.75 Å². The van der Waals surface area contributed by atoms with Crippen molar-refractivity contribution < 1.29 is 9.84 Å². The normalized spacial score (nSPS) is 14.4. The Kier molecular flexibility index (Phi) is 4.09. The number of hydrogen-bond acceptors (Lipinski definition) is 2. The lowest BCUT2D eigenvalue weighted by Gasteiger charge is -2.25. The van der Waals surface area contributed by atoms with Crippen molar-refractivity contribution in [3.05, 3.63) is 58.1 Å². The molecule has 0 saturated carbocycles. The molecule has 122 valence electrons. The summed E-state index contributed by atoms with van der Waals surface area (Å²) in [5.74, 6) is 1.21. The second-order valence-electron chi connectivity index (χ2n) is 7.50. The molecule has 4 bridgehead atoms. The molecule has 1 aliphatic carbocycles. The van der Waals surface area contributed by atoms with E-state index in [4.69, 9.17) is 4.74 Å². The predicted molar refractivity (Wildman–Crippen MR) is 94.6 cm³/mol. The maximum absolute atomic E-state index is 10.2. The van der Waals surface area contributed by atoms with Crippen LogP contribution in [-0.2, 0) is 31.1 Å². The lowest BCUT2D eigenvalue weighted by Crippen LogP contribution is -2.16. The highest BCUT2D eigenvalue weighted by molar-refractivity contribution is 5.51. The molecule has 2 aromatic carbocycles. The van der Waals surface area contributed by atoms with Crippen molar-refractivity contribution in [2.75, 3.05) is 7.11 Å². The van der Waals surface area contributed by atoms with Gasteiger partial charge in [0.2, 0.25) is 0 Å². The van der Waals surface area contributed by atoms with Crippen molar-refractivity contribution in [2.45, 2.75) is 51.9 Å². The topological polar surface area (TPSA) is 29.5 Å². The Bertz CT molecular complexity index is 723. The summed E-state index contributed by atoms with van der Waals surface area (Å²) in [5, 5.41) is 10.2. The van der Waals surface area contributed by atoms with Gasteiger partial charge in [-0.1, -0.05) is 45.0 Å². The first-order chi connectivity index (χ1) is 10.9. The van der Waals surface area contributed by atoms with Gasteiger partial charge in [-0.15, -0.1) is 0 Å². The Morgan fingerprint density at radius 3 is 2.35 bits per heavy atom. The number of phenolic OH excluding ortho intramolecular Hbond substituents is 1. The highest BCUT2D eigenvalue weighted by atomic mass is 16.5. The molecule has 0 atom stereocenters. The van der Waals surface area contributed by atoms with E-state index < -0.39 is 0 Å². The Morgan fingerprint density at radius 2 is 1.65 bits per heavy atom. The number of phenols is 1. The molecule has 0 amide bonds. The van der Waals surface area contributed by atoms with Crippen LogP contribution in [0.3, 0.4) is 0 Å². The van der Waals surface area contributed by atoms with Crippen LogP contribution in [0, 0.1) is 0 Å². The maximum atomic E-state index is 10.2. The minimum absolute atomic E-state index is 0.155. The highest BCUT2D eigenvalue weighted by Crippen LogP contribution is 2.36. The number of aryl methyl sites for hydroxylation is 3. The van der Waals surface area contributed by atoms with E-state index in [1.165, 1.54) is 22.3 Å². The summed E-state index contributed by atoms with van der Waals surface area (Å²) in [6.45, 7) is 6.82. The molecule has 0 radical (unpaired) electrons. The summed E-state index contributed by atoms with van der Waals surface area (Å²) in [7, 11) is 1.70. The number of hydrogen-bond donors (Lipinski definition) is 1. The zero-order chi connectivity index (χ0) is 16.6. The number of fused-ring (bicyclic) bond motifs is 4. The Balaban J connectivity index is 2.07. The number of rotatable bonds is 1. The zero-order valence-electron chi connectivity index (χ0n) is 14.6. The van der Waals surface area contributed by atoms with Crippen LogP contribution in [0.5, 0.6) is 11.5 Å². The van der Waals surface area contributed by atoms with Gasteiger partial charge in [0.15, 0.2) is 0 Å². The zero-order valence-corrected chi connectivity index (χ0v) is 14.6. The van der Waals surface area contributed by atoms with Crippen LogP contribution in [0.15, 0.2) is 30.3 Å². The average molecular weight is 310 g/mol. The molecule has 2 aromatic rings. The first-order valence-corrected chi connectivity index (χ1v) is 8.40. The molecule has 0 saturated heterocycles. The number of methoxy groups -OCH3 is 1. The molecular formula is C21H26O2.